The van der Waals surface area contributed by atoms with Crippen LogP contribution in [-0.2, 0) is 17.8 Å². The standard InChI is InChI=1S/C22H27N5O4.C2H6/c1-5-27-19(11-15(2)25-27)21(28)23-9-10-31-20-8-6-7-17(16(20)3)12-26-13-18(24-14-26)22(29)30-4;1-2/h6-8,11,13-14H,5,9-10,12H2,1-4H3,(H,23,28);1-2H3. The number of hydrogen-bond acceptors (Lipinski definition) is 6. The van der Waals surface area contributed by atoms with Gasteiger partial charge < -0.3 is 19.4 Å². The number of hydrogen-bond donors (Lipinski definition) is 1. The normalized spacial score (nSPS) is 10.2. The molecular formula is C24H33N5O4. The molecule has 0 bridgehead atoms. The summed E-state index contributed by atoms with van der Waals surface area (Å²) >= 11 is 0. The summed E-state index contributed by atoms with van der Waals surface area (Å²) in [5.41, 5.74) is 3.65. The van der Waals surface area contributed by atoms with Gasteiger partial charge in [0.1, 0.15) is 18.1 Å². The fraction of sp³-hybridized carbons (Fsp3) is 0.417. The van der Waals surface area contributed by atoms with Crippen molar-refractivity contribution in [3.8, 4) is 5.75 Å². The third-order valence-electron chi connectivity index (χ3n) is 4.86. The summed E-state index contributed by atoms with van der Waals surface area (Å²) in [5, 5.41) is 7.16. The molecule has 3 rings (SSSR count). The number of nitrogens with zero attached hydrogens (tertiary/aromatic N) is 4. The summed E-state index contributed by atoms with van der Waals surface area (Å²) in [6.45, 7) is 11.7. The Morgan fingerprint density at radius 2 is 1.94 bits per heavy atom. The summed E-state index contributed by atoms with van der Waals surface area (Å²) < 4.78 is 14.1. The molecule has 178 valence electrons. The molecule has 0 aliphatic carbocycles. The predicted molar refractivity (Wildman–Crippen MR) is 126 cm³/mol. The lowest BCUT2D eigenvalue weighted by Crippen LogP contribution is -2.30. The van der Waals surface area contributed by atoms with Gasteiger partial charge in [-0.2, -0.15) is 5.10 Å². The van der Waals surface area contributed by atoms with Crippen LogP contribution in [-0.4, -0.2) is 51.5 Å². The van der Waals surface area contributed by atoms with Crippen LogP contribution >= 0.6 is 0 Å². The second-order valence-electron chi connectivity index (χ2n) is 7.05. The van der Waals surface area contributed by atoms with Crippen molar-refractivity contribution in [2.45, 2.75) is 47.7 Å². The summed E-state index contributed by atoms with van der Waals surface area (Å²) in [4.78, 5) is 28.0. The number of esters is 1. The minimum absolute atomic E-state index is 0.168. The van der Waals surface area contributed by atoms with E-state index in [0.717, 1.165) is 22.6 Å². The Morgan fingerprint density at radius 1 is 1.18 bits per heavy atom. The van der Waals surface area contributed by atoms with Crippen LogP contribution < -0.4 is 10.1 Å². The number of rotatable bonds is 9. The number of aromatic nitrogens is 4. The molecule has 0 saturated heterocycles. The highest BCUT2D eigenvalue weighted by Gasteiger charge is 2.13. The lowest BCUT2D eigenvalue weighted by Gasteiger charge is -2.13. The van der Waals surface area contributed by atoms with Crippen LogP contribution in [0.3, 0.4) is 0 Å². The second kappa shape index (κ2) is 12.4. The number of nitrogens with one attached hydrogen (secondary N) is 1. The Morgan fingerprint density at radius 3 is 2.64 bits per heavy atom. The van der Waals surface area contributed by atoms with Crippen molar-refractivity contribution < 1.29 is 19.1 Å². The van der Waals surface area contributed by atoms with Crippen LogP contribution in [0.1, 0.15) is 58.6 Å². The van der Waals surface area contributed by atoms with E-state index in [1.54, 1.807) is 23.3 Å². The smallest absolute Gasteiger partial charge is 0.358 e. The number of amides is 1. The third kappa shape index (κ3) is 6.68. The quantitative estimate of drug-likeness (QED) is 0.392. The highest BCUT2D eigenvalue weighted by molar-refractivity contribution is 5.92. The van der Waals surface area contributed by atoms with Crippen molar-refractivity contribution in [2.24, 2.45) is 0 Å². The van der Waals surface area contributed by atoms with Crippen molar-refractivity contribution in [1.29, 1.82) is 0 Å². The molecule has 1 aromatic carbocycles. The number of methoxy groups -OCH3 is 1. The Kier molecular flexibility index (Phi) is 9.65. The van der Waals surface area contributed by atoms with Crippen molar-refractivity contribution >= 4 is 11.9 Å². The van der Waals surface area contributed by atoms with Crippen LogP contribution in [0, 0.1) is 13.8 Å². The van der Waals surface area contributed by atoms with Gasteiger partial charge in [0.05, 0.1) is 25.7 Å². The van der Waals surface area contributed by atoms with Gasteiger partial charge in [0.15, 0.2) is 5.69 Å². The van der Waals surface area contributed by atoms with Gasteiger partial charge in [0.2, 0.25) is 0 Å². The van der Waals surface area contributed by atoms with Gasteiger partial charge in [0.25, 0.3) is 5.91 Å². The molecule has 0 spiro atoms. The van der Waals surface area contributed by atoms with Crippen LogP contribution in [0.4, 0.5) is 0 Å². The number of ether oxygens (including phenoxy) is 2. The number of aryl methyl sites for hydroxylation is 2. The Balaban J connectivity index is 0.00000187. The average molecular weight is 456 g/mol. The topological polar surface area (TPSA) is 100 Å². The van der Waals surface area contributed by atoms with Crippen molar-refractivity contribution in [3.63, 3.8) is 0 Å². The van der Waals surface area contributed by atoms with Crippen LogP contribution in [0.15, 0.2) is 36.8 Å². The SMILES string of the molecule is CC.CCn1nc(C)cc1C(=O)NCCOc1cccc(Cn2cnc(C(=O)OC)c2)c1C. The molecule has 1 N–H and O–H groups in total. The largest absolute Gasteiger partial charge is 0.491 e. The molecular weight excluding hydrogens is 422 g/mol. The maximum absolute atomic E-state index is 12.4. The van der Waals surface area contributed by atoms with Crippen LogP contribution in [0.25, 0.3) is 0 Å². The molecule has 0 fully saturated rings. The summed E-state index contributed by atoms with van der Waals surface area (Å²) in [5.74, 6) is 0.110. The monoisotopic (exact) mass is 455 g/mol. The molecule has 3 aromatic rings. The predicted octanol–water partition coefficient (Wildman–Crippen LogP) is 3.39. The zero-order valence-electron chi connectivity index (χ0n) is 20.2. The van der Waals surface area contributed by atoms with Gasteiger partial charge in [-0.15, -0.1) is 0 Å². The van der Waals surface area contributed by atoms with E-state index in [1.807, 2.05) is 57.4 Å². The van der Waals surface area contributed by atoms with Crippen LogP contribution in [0.2, 0.25) is 0 Å². The number of carbonyl (C=O) groups is 2. The highest BCUT2D eigenvalue weighted by atomic mass is 16.5. The molecule has 9 heteroatoms. The Labute approximate surface area is 194 Å². The van der Waals surface area contributed by atoms with Gasteiger partial charge in [-0.3, -0.25) is 9.48 Å². The van der Waals surface area contributed by atoms with Gasteiger partial charge in [-0.25, -0.2) is 9.78 Å². The average Bonchev–Trinajstić information content (AvgIpc) is 3.46. The third-order valence-corrected chi connectivity index (χ3v) is 4.86. The minimum Gasteiger partial charge on any atom is -0.491 e. The molecule has 2 aromatic heterocycles. The molecule has 0 radical (unpaired) electrons. The second-order valence-corrected chi connectivity index (χ2v) is 7.05. The molecule has 0 aliphatic heterocycles. The Hall–Kier alpha value is -3.62. The van der Waals surface area contributed by atoms with Gasteiger partial charge >= 0.3 is 5.97 Å². The van der Waals surface area contributed by atoms with Gasteiger partial charge in [-0.1, -0.05) is 26.0 Å². The van der Waals surface area contributed by atoms with Crippen LogP contribution in [0.5, 0.6) is 5.75 Å². The van der Waals surface area contributed by atoms with E-state index >= 15 is 0 Å². The highest BCUT2D eigenvalue weighted by Crippen LogP contribution is 2.22. The molecule has 0 saturated carbocycles. The van der Waals surface area contributed by atoms with Gasteiger partial charge in [0, 0.05) is 19.3 Å². The first kappa shape index (κ1) is 25.6. The zero-order valence-corrected chi connectivity index (χ0v) is 20.2. The molecule has 2 heterocycles. The van der Waals surface area contributed by atoms with E-state index in [-0.39, 0.29) is 11.6 Å². The van der Waals surface area contributed by atoms with Crippen molar-refractivity contribution in [2.75, 3.05) is 20.3 Å². The molecule has 1 amide bonds. The van der Waals surface area contributed by atoms with E-state index in [2.05, 4.69) is 20.1 Å². The first-order valence-electron chi connectivity index (χ1n) is 11.1. The van der Waals surface area contributed by atoms with E-state index in [4.69, 9.17) is 4.74 Å². The summed E-state index contributed by atoms with van der Waals surface area (Å²) in [6, 6.07) is 7.58. The number of carbonyl (C=O) groups excluding carboxylic acids is 2. The van der Waals surface area contributed by atoms with E-state index in [0.29, 0.717) is 31.9 Å². The minimum atomic E-state index is -0.466. The van der Waals surface area contributed by atoms with E-state index < -0.39 is 5.97 Å². The zero-order chi connectivity index (χ0) is 24.4. The maximum Gasteiger partial charge on any atom is 0.358 e. The van der Waals surface area contributed by atoms with Gasteiger partial charge in [-0.05, 0) is 44.0 Å². The lowest BCUT2D eigenvalue weighted by atomic mass is 10.1. The molecule has 9 nitrogen and oxygen atoms in total. The Bertz CT molecular complexity index is 1070. The molecule has 0 atom stereocenters. The van der Waals surface area contributed by atoms with E-state index in [9.17, 15) is 9.59 Å². The molecule has 33 heavy (non-hydrogen) atoms. The number of benzene rings is 1. The number of imidazole rings is 1. The van der Waals surface area contributed by atoms with Crippen molar-refractivity contribution in [1.82, 2.24) is 24.6 Å². The summed E-state index contributed by atoms with van der Waals surface area (Å²) in [6.07, 6.45) is 3.24. The fourth-order valence-corrected chi connectivity index (χ4v) is 3.23. The van der Waals surface area contributed by atoms with E-state index in [1.165, 1.54) is 7.11 Å². The summed E-state index contributed by atoms with van der Waals surface area (Å²) in [7, 11) is 1.33. The first-order valence-corrected chi connectivity index (χ1v) is 11.1. The first-order chi connectivity index (χ1) is 15.9. The maximum atomic E-state index is 12.4. The molecule has 0 unspecified atom stereocenters. The van der Waals surface area contributed by atoms with Crippen molar-refractivity contribution in [3.05, 3.63) is 65.0 Å². The fourth-order valence-electron chi connectivity index (χ4n) is 3.23. The lowest BCUT2D eigenvalue weighted by molar-refractivity contribution is 0.0594. The molecule has 0 aliphatic rings.